The summed E-state index contributed by atoms with van der Waals surface area (Å²) in [7, 11) is 0. The number of rotatable bonds is 7. The maximum Gasteiger partial charge on any atom is 0.222 e. The molecule has 168 valence electrons. The van der Waals surface area contributed by atoms with Crippen LogP contribution in [0.4, 0.5) is 0 Å². The third-order valence-electron chi connectivity index (χ3n) is 6.93. The molecule has 0 bridgehead atoms. The van der Waals surface area contributed by atoms with Crippen molar-refractivity contribution < 1.29 is 9.59 Å². The zero-order valence-corrected chi connectivity index (χ0v) is 19.1. The van der Waals surface area contributed by atoms with E-state index in [-0.39, 0.29) is 17.7 Å². The molecule has 1 atom stereocenters. The number of aryl methyl sites for hydroxylation is 2. The van der Waals surface area contributed by atoms with Gasteiger partial charge >= 0.3 is 0 Å². The highest BCUT2D eigenvalue weighted by molar-refractivity contribution is 5.77. The van der Waals surface area contributed by atoms with Crippen LogP contribution in [0.5, 0.6) is 0 Å². The summed E-state index contributed by atoms with van der Waals surface area (Å²) in [6.07, 6.45) is 8.27. The second-order valence-corrected chi connectivity index (χ2v) is 9.22. The van der Waals surface area contributed by atoms with Crippen molar-refractivity contribution in [2.75, 3.05) is 13.1 Å². The molecule has 1 saturated carbocycles. The molecule has 7 nitrogen and oxygen atoms in total. The average Bonchev–Trinajstić information content (AvgIpc) is 3.48. The fraction of sp³-hybridized carbons (Fsp3) is 0.667. The highest BCUT2D eigenvalue weighted by atomic mass is 16.2. The standard InChI is InChI=1S/C24H35N5O2/c1-4-7-24(31)28-13-12-18(15-28)21-14-22-25-16(2)20(17(3)29(22)27-21)10-11-23(30)26-19-8-5-6-9-19/h14,18-19H,4-13,15H2,1-3H3,(H,26,30)/t18-/m0/s1. The highest BCUT2D eigenvalue weighted by Gasteiger charge is 2.29. The molecule has 1 aliphatic heterocycles. The van der Waals surface area contributed by atoms with E-state index in [9.17, 15) is 9.59 Å². The number of carbonyl (C=O) groups excluding carboxylic acids is 2. The molecule has 1 aliphatic carbocycles. The van der Waals surface area contributed by atoms with Gasteiger partial charge in [0.2, 0.25) is 11.8 Å². The summed E-state index contributed by atoms with van der Waals surface area (Å²) >= 11 is 0. The van der Waals surface area contributed by atoms with Crippen LogP contribution in [0.25, 0.3) is 5.65 Å². The lowest BCUT2D eigenvalue weighted by Crippen LogP contribution is -2.32. The minimum Gasteiger partial charge on any atom is -0.353 e. The molecule has 31 heavy (non-hydrogen) atoms. The van der Waals surface area contributed by atoms with Crippen molar-refractivity contribution in [1.82, 2.24) is 24.8 Å². The summed E-state index contributed by atoms with van der Waals surface area (Å²) in [5, 5.41) is 8.04. The fourth-order valence-electron chi connectivity index (χ4n) is 5.11. The van der Waals surface area contributed by atoms with Gasteiger partial charge in [-0.25, -0.2) is 9.50 Å². The largest absolute Gasteiger partial charge is 0.353 e. The molecule has 2 aliphatic rings. The van der Waals surface area contributed by atoms with Crippen LogP contribution >= 0.6 is 0 Å². The molecular formula is C24H35N5O2. The maximum atomic E-state index is 12.4. The molecule has 7 heteroatoms. The first kappa shape index (κ1) is 21.8. The second-order valence-electron chi connectivity index (χ2n) is 9.22. The normalized spacial score (nSPS) is 19.5. The van der Waals surface area contributed by atoms with Gasteiger partial charge in [-0.05, 0) is 51.5 Å². The van der Waals surface area contributed by atoms with E-state index in [4.69, 9.17) is 10.1 Å². The number of hydrogen-bond acceptors (Lipinski definition) is 4. The van der Waals surface area contributed by atoms with Gasteiger partial charge in [0, 0.05) is 55.3 Å². The molecule has 0 radical (unpaired) electrons. The summed E-state index contributed by atoms with van der Waals surface area (Å²) in [5.41, 5.74) is 4.99. The van der Waals surface area contributed by atoms with Crippen LogP contribution < -0.4 is 5.32 Å². The molecule has 2 aromatic rings. The van der Waals surface area contributed by atoms with E-state index in [1.807, 2.05) is 23.3 Å². The van der Waals surface area contributed by atoms with E-state index in [2.05, 4.69) is 18.3 Å². The molecule has 1 saturated heterocycles. The monoisotopic (exact) mass is 425 g/mol. The molecule has 1 N–H and O–H groups in total. The van der Waals surface area contributed by atoms with Crippen molar-refractivity contribution in [2.24, 2.45) is 0 Å². The van der Waals surface area contributed by atoms with E-state index < -0.39 is 0 Å². The third kappa shape index (κ3) is 4.75. The Labute approximate surface area is 184 Å². The molecule has 0 aromatic carbocycles. The van der Waals surface area contributed by atoms with E-state index >= 15 is 0 Å². The Hall–Kier alpha value is -2.44. The Morgan fingerprint density at radius 3 is 2.68 bits per heavy atom. The van der Waals surface area contributed by atoms with Crippen molar-refractivity contribution >= 4 is 17.5 Å². The van der Waals surface area contributed by atoms with Crippen LogP contribution in [0, 0.1) is 13.8 Å². The third-order valence-corrected chi connectivity index (χ3v) is 6.93. The van der Waals surface area contributed by atoms with Crippen LogP contribution in [0.15, 0.2) is 6.07 Å². The maximum absolute atomic E-state index is 12.4. The number of likely N-dealkylation sites (tertiary alicyclic amines) is 1. The second kappa shape index (κ2) is 9.37. The molecule has 3 heterocycles. The fourth-order valence-corrected chi connectivity index (χ4v) is 5.11. The number of carbonyl (C=O) groups is 2. The van der Waals surface area contributed by atoms with Crippen molar-refractivity contribution in [3.05, 3.63) is 28.7 Å². The van der Waals surface area contributed by atoms with Crippen LogP contribution in [0.3, 0.4) is 0 Å². The van der Waals surface area contributed by atoms with Gasteiger partial charge < -0.3 is 10.2 Å². The van der Waals surface area contributed by atoms with Crippen LogP contribution in [-0.2, 0) is 16.0 Å². The SMILES string of the molecule is CCCC(=O)N1CC[C@H](c2cc3nc(C)c(CCC(=O)NC4CCCC4)c(C)n3n2)C1. The predicted octanol–water partition coefficient (Wildman–Crippen LogP) is 3.45. The number of aromatic nitrogens is 3. The minimum atomic E-state index is 0.134. The van der Waals surface area contributed by atoms with Gasteiger partial charge in [0.05, 0.1) is 5.69 Å². The van der Waals surface area contributed by atoms with Gasteiger partial charge in [-0.15, -0.1) is 0 Å². The average molecular weight is 426 g/mol. The molecule has 4 rings (SSSR count). The Balaban J connectivity index is 1.45. The Morgan fingerprint density at radius 2 is 1.94 bits per heavy atom. The number of fused-ring (bicyclic) bond motifs is 1. The highest BCUT2D eigenvalue weighted by Crippen LogP contribution is 2.28. The Morgan fingerprint density at radius 1 is 1.16 bits per heavy atom. The van der Waals surface area contributed by atoms with Crippen LogP contribution in [0.1, 0.15) is 86.9 Å². The summed E-state index contributed by atoms with van der Waals surface area (Å²) in [5.74, 6) is 0.648. The van der Waals surface area contributed by atoms with Gasteiger partial charge in [-0.1, -0.05) is 19.8 Å². The first-order valence-corrected chi connectivity index (χ1v) is 11.9. The van der Waals surface area contributed by atoms with Crippen molar-refractivity contribution in [3.63, 3.8) is 0 Å². The molecule has 2 aromatic heterocycles. The Kier molecular flexibility index (Phi) is 6.58. The molecule has 2 amide bonds. The number of hydrogen-bond donors (Lipinski definition) is 1. The molecule has 0 unspecified atom stereocenters. The van der Waals surface area contributed by atoms with Gasteiger partial charge in [0.1, 0.15) is 0 Å². The first-order valence-electron chi connectivity index (χ1n) is 11.9. The van der Waals surface area contributed by atoms with Crippen molar-refractivity contribution in [3.8, 4) is 0 Å². The predicted molar refractivity (Wildman–Crippen MR) is 120 cm³/mol. The van der Waals surface area contributed by atoms with Crippen LogP contribution in [0.2, 0.25) is 0 Å². The van der Waals surface area contributed by atoms with Gasteiger partial charge in [-0.3, -0.25) is 9.59 Å². The van der Waals surface area contributed by atoms with Crippen LogP contribution in [-0.4, -0.2) is 50.4 Å². The zero-order chi connectivity index (χ0) is 22.0. The summed E-state index contributed by atoms with van der Waals surface area (Å²) < 4.78 is 1.92. The van der Waals surface area contributed by atoms with Gasteiger partial charge in [0.25, 0.3) is 0 Å². The lowest BCUT2D eigenvalue weighted by Gasteiger charge is -2.15. The summed E-state index contributed by atoms with van der Waals surface area (Å²) in [6, 6.07) is 2.42. The molecule has 0 spiro atoms. The number of amides is 2. The number of nitrogens with zero attached hydrogens (tertiary/aromatic N) is 4. The first-order chi connectivity index (χ1) is 15.0. The van der Waals surface area contributed by atoms with E-state index in [1.165, 1.54) is 12.8 Å². The topological polar surface area (TPSA) is 79.6 Å². The van der Waals surface area contributed by atoms with Crippen molar-refractivity contribution in [2.45, 2.75) is 90.5 Å². The number of nitrogens with one attached hydrogen (secondary N) is 1. The summed E-state index contributed by atoms with van der Waals surface area (Å²) in [6.45, 7) is 7.68. The lowest BCUT2D eigenvalue weighted by atomic mass is 10.1. The smallest absolute Gasteiger partial charge is 0.222 e. The summed E-state index contributed by atoms with van der Waals surface area (Å²) in [4.78, 5) is 31.4. The quantitative estimate of drug-likeness (QED) is 0.737. The van der Waals surface area contributed by atoms with E-state index in [0.717, 1.165) is 67.1 Å². The van der Waals surface area contributed by atoms with Gasteiger partial charge in [-0.2, -0.15) is 5.10 Å². The Bertz CT molecular complexity index is 961. The zero-order valence-electron chi connectivity index (χ0n) is 19.1. The van der Waals surface area contributed by atoms with E-state index in [0.29, 0.717) is 25.3 Å². The van der Waals surface area contributed by atoms with E-state index in [1.54, 1.807) is 0 Å². The molecule has 2 fully saturated rings. The molecular weight excluding hydrogens is 390 g/mol. The minimum absolute atomic E-state index is 0.134. The van der Waals surface area contributed by atoms with Crippen molar-refractivity contribution in [1.29, 1.82) is 0 Å². The van der Waals surface area contributed by atoms with Gasteiger partial charge in [0.15, 0.2) is 5.65 Å². The lowest BCUT2D eigenvalue weighted by molar-refractivity contribution is -0.130.